The number of thiazole rings is 1. The number of anilines is 1. The van der Waals surface area contributed by atoms with Gasteiger partial charge in [-0.3, -0.25) is 14.5 Å². The zero-order valence-corrected chi connectivity index (χ0v) is 10.2. The zero-order valence-electron chi connectivity index (χ0n) is 9.39. The Morgan fingerprint density at radius 1 is 1.26 bits per heavy atom. The van der Waals surface area contributed by atoms with Crippen molar-refractivity contribution in [1.82, 2.24) is 4.98 Å². The summed E-state index contributed by atoms with van der Waals surface area (Å²) in [4.78, 5) is 28.5. The molecule has 1 aliphatic heterocycles. The van der Waals surface area contributed by atoms with Gasteiger partial charge >= 0.3 is 0 Å². The minimum absolute atomic E-state index is 0.0103. The van der Waals surface area contributed by atoms with Gasteiger partial charge in [0.15, 0.2) is 5.82 Å². The Morgan fingerprint density at radius 3 is 2.74 bits per heavy atom. The molecule has 0 fully saturated rings. The highest BCUT2D eigenvalue weighted by atomic mass is 32.1. The maximum Gasteiger partial charge on any atom is 0.299 e. The number of nitrogens with zero attached hydrogens (tertiary/aromatic N) is 2. The van der Waals surface area contributed by atoms with Crippen LogP contribution in [0.15, 0.2) is 23.0 Å². The summed E-state index contributed by atoms with van der Waals surface area (Å²) in [6.45, 7) is -0.0103. The van der Waals surface area contributed by atoms with Crippen LogP contribution in [0.5, 0.6) is 0 Å². The number of hydrogen-bond acceptors (Lipinski definition) is 4. The van der Waals surface area contributed by atoms with Crippen LogP contribution in [-0.2, 0) is 11.3 Å². The third-order valence-electron chi connectivity index (χ3n) is 2.79. The van der Waals surface area contributed by atoms with Crippen LogP contribution in [0.3, 0.4) is 0 Å². The van der Waals surface area contributed by atoms with E-state index >= 15 is 0 Å². The second-order valence-electron chi connectivity index (χ2n) is 3.98. The first-order valence-corrected chi connectivity index (χ1v) is 6.24. The average Bonchev–Trinajstić information content (AvgIpc) is 2.93. The topological polar surface area (TPSA) is 50.3 Å². The molecule has 0 bridgehead atoms. The lowest BCUT2D eigenvalue weighted by atomic mass is 10.1. The Bertz CT molecular complexity index is 685. The lowest BCUT2D eigenvalue weighted by Gasteiger charge is -2.15. The highest BCUT2D eigenvalue weighted by Gasteiger charge is 2.38. The van der Waals surface area contributed by atoms with Gasteiger partial charge in [0.1, 0.15) is 5.82 Å². The molecule has 2 heterocycles. The number of hydrogen-bond donors (Lipinski definition) is 0. The van der Waals surface area contributed by atoms with Crippen molar-refractivity contribution in [3.63, 3.8) is 0 Å². The van der Waals surface area contributed by atoms with Crippen LogP contribution in [0.25, 0.3) is 0 Å². The summed E-state index contributed by atoms with van der Waals surface area (Å²) < 4.78 is 26.9. The maximum absolute atomic E-state index is 13.8. The minimum Gasteiger partial charge on any atom is -0.296 e. The minimum atomic E-state index is -0.926. The van der Waals surface area contributed by atoms with E-state index in [0.29, 0.717) is 11.8 Å². The first-order chi connectivity index (χ1) is 9.08. The van der Waals surface area contributed by atoms with E-state index in [-0.39, 0.29) is 17.8 Å². The molecular formula is C12H6F2N2O2S. The van der Waals surface area contributed by atoms with E-state index in [0.717, 1.165) is 11.0 Å². The van der Waals surface area contributed by atoms with Crippen molar-refractivity contribution in [2.45, 2.75) is 6.54 Å². The Kier molecular flexibility index (Phi) is 2.63. The molecule has 2 aromatic rings. The summed E-state index contributed by atoms with van der Waals surface area (Å²) in [5, 5.41) is 1.69. The van der Waals surface area contributed by atoms with Crippen LogP contribution in [0.4, 0.5) is 14.5 Å². The number of Topliss-reactive ketones (excluding diaryl/α,β-unsaturated/α-hetero) is 1. The molecule has 0 unspecified atom stereocenters. The van der Waals surface area contributed by atoms with Crippen molar-refractivity contribution in [3.8, 4) is 0 Å². The first-order valence-electron chi connectivity index (χ1n) is 5.30. The molecule has 0 atom stereocenters. The molecule has 1 aromatic heterocycles. The molecule has 7 heteroatoms. The summed E-state index contributed by atoms with van der Waals surface area (Å²) in [5.74, 6) is -3.58. The van der Waals surface area contributed by atoms with Crippen LogP contribution in [0, 0.1) is 11.6 Å². The zero-order chi connectivity index (χ0) is 13.6. The third kappa shape index (κ3) is 1.82. The van der Waals surface area contributed by atoms with Gasteiger partial charge in [-0.25, -0.2) is 13.8 Å². The molecule has 0 N–H and O–H groups in total. The summed E-state index contributed by atoms with van der Waals surface area (Å²) in [6.07, 6.45) is 0. The van der Waals surface area contributed by atoms with Gasteiger partial charge in [-0.2, -0.15) is 0 Å². The van der Waals surface area contributed by atoms with Gasteiger partial charge in [0.2, 0.25) is 0 Å². The third-order valence-corrected chi connectivity index (χ3v) is 3.42. The first kappa shape index (κ1) is 11.9. The highest BCUT2D eigenvalue weighted by molar-refractivity contribution is 7.07. The van der Waals surface area contributed by atoms with Crippen LogP contribution in [0.2, 0.25) is 0 Å². The molecule has 0 aliphatic carbocycles. The van der Waals surface area contributed by atoms with Crippen molar-refractivity contribution >= 4 is 28.7 Å². The van der Waals surface area contributed by atoms with E-state index in [4.69, 9.17) is 0 Å². The number of carbonyl (C=O) groups is 2. The largest absolute Gasteiger partial charge is 0.299 e. The van der Waals surface area contributed by atoms with E-state index < -0.39 is 23.3 Å². The molecule has 0 saturated carbocycles. The number of benzene rings is 1. The number of ketones is 1. The molecule has 3 rings (SSSR count). The molecule has 0 spiro atoms. The second-order valence-corrected chi connectivity index (χ2v) is 4.70. The maximum atomic E-state index is 13.8. The van der Waals surface area contributed by atoms with Crippen LogP contribution in [0.1, 0.15) is 16.1 Å². The molecule has 0 saturated heterocycles. The lowest BCUT2D eigenvalue weighted by molar-refractivity contribution is -0.114. The molecule has 1 amide bonds. The molecule has 1 aliphatic rings. The average molecular weight is 280 g/mol. The number of aromatic nitrogens is 1. The van der Waals surface area contributed by atoms with Crippen molar-refractivity contribution in [3.05, 3.63) is 45.9 Å². The SMILES string of the molecule is O=C1C(=O)N(Cc2cscn2)c2c(F)cc(F)cc21. The predicted molar refractivity (Wildman–Crippen MR) is 64.0 cm³/mol. The number of carbonyl (C=O) groups excluding carboxylic acids is 2. The lowest BCUT2D eigenvalue weighted by Crippen LogP contribution is -2.29. The Hall–Kier alpha value is -2.15. The second kappa shape index (κ2) is 4.20. The summed E-state index contributed by atoms with van der Waals surface area (Å²) in [5.41, 5.74) is 1.70. The fraction of sp³-hybridized carbons (Fsp3) is 0.0833. The standard InChI is InChI=1S/C12H6F2N2O2S/c13-6-1-8-10(9(14)2-6)16(12(18)11(8)17)3-7-4-19-5-15-7/h1-2,4-5H,3H2. The number of fused-ring (bicyclic) bond motifs is 1. The quantitative estimate of drug-likeness (QED) is 0.792. The smallest absolute Gasteiger partial charge is 0.296 e. The van der Waals surface area contributed by atoms with Crippen LogP contribution < -0.4 is 4.90 Å². The Labute approximate surface area is 110 Å². The fourth-order valence-electron chi connectivity index (χ4n) is 1.98. The highest BCUT2D eigenvalue weighted by Crippen LogP contribution is 2.33. The predicted octanol–water partition coefficient (Wildman–Crippen LogP) is 2.15. The van der Waals surface area contributed by atoms with Crippen molar-refractivity contribution in [2.75, 3.05) is 4.90 Å². The normalized spacial score (nSPS) is 14.1. The number of amides is 1. The van der Waals surface area contributed by atoms with Gasteiger partial charge in [-0.1, -0.05) is 0 Å². The summed E-state index contributed by atoms with van der Waals surface area (Å²) >= 11 is 1.33. The van der Waals surface area contributed by atoms with E-state index in [1.54, 1.807) is 10.9 Å². The van der Waals surface area contributed by atoms with E-state index in [2.05, 4.69) is 4.98 Å². The van der Waals surface area contributed by atoms with Crippen molar-refractivity contribution in [1.29, 1.82) is 0 Å². The summed E-state index contributed by atoms with van der Waals surface area (Å²) in [6, 6.07) is 1.53. The van der Waals surface area contributed by atoms with Crippen LogP contribution in [-0.4, -0.2) is 16.7 Å². The van der Waals surface area contributed by atoms with Gasteiger partial charge < -0.3 is 0 Å². The van der Waals surface area contributed by atoms with Gasteiger partial charge in [-0.05, 0) is 6.07 Å². The Morgan fingerprint density at radius 2 is 2.05 bits per heavy atom. The van der Waals surface area contributed by atoms with Gasteiger partial charge in [0, 0.05) is 11.4 Å². The van der Waals surface area contributed by atoms with E-state index in [1.807, 2.05) is 0 Å². The molecule has 19 heavy (non-hydrogen) atoms. The van der Waals surface area contributed by atoms with Gasteiger partial charge in [0.05, 0.1) is 29.0 Å². The van der Waals surface area contributed by atoms with E-state index in [9.17, 15) is 18.4 Å². The van der Waals surface area contributed by atoms with E-state index in [1.165, 1.54) is 11.3 Å². The van der Waals surface area contributed by atoms with Gasteiger partial charge in [0.25, 0.3) is 11.7 Å². The molecule has 1 aromatic carbocycles. The summed E-state index contributed by atoms with van der Waals surface area (Å²) in [7, 11) is 0. The van der Waals surface area contributed by atoms with Crippen molar-refractivity contribution in [2.24, 2.45) is 0 Å². The van der Waals surface area contributed by atoms with Gasteiger partial charge in [-0.15, -0.1) is 11.3 Å². The fourth-order valence-corrected chi connectivity index (χ4v) is 2.53. The molecular weight excluding hydrogens is 274 g/mol. The monoisotopic (exact) mass is 280 g/mol. The number of rotatable bonds is 2. The molecule has 96 valence electrons. The molecule has 0 radical (unpaired) electrons. The number of halogens is 2. The molecule has 4 nitrogen and oxygen atoms in total. The Balaban J connectivity index is 2.09. The van der Waals surface area contributed by atoms with Crippen LogP contribution >= 0.6 is 11.3 Å². The van der Waals surface area contributed by atoms with Crippen molar-refractivity contribution < 1.29 is 18.4 Å².